The van der Waals surface area contributed by atoms with Gasteiger partial charge in [0.2, 0.25) is 5.91 Å². The number of carbonyl (C=O) groups excluding carboxylic acids is 2. The lowest BCUT2D eigenvalue weighted by atomic mass is 9.81. The van der Waals surface area contributed by atoms with Crippen LogP contribution < -0.4 is 10.6 Å². The summed E-state index contributed by atoms with van der Waals surface area (Å²) in [6, 6.07) is 8.18. The SMILES string of the molecule is Cc1ccccc1[C@H](NCCN1C(=O)CNC1=O)C(C)(C)C. The number of hydrogen-bond donors (Lipinski definition) is 2. The predicted molar refractivity (Wildman–Crippen MR) is 86.5 cm³/mol. The van der Waals surface area contributed by atoms with E-state index in [2.05, 4.69) is 50.5 Å². The van der Waals surface area contributed by atoms with Crippen LogP contribution in [0.5, 0.6) is 0 Å². The van der Waals surface area contributed by atoms with E-state index >= 15 is 0 Å². The van der Waals surface area contributed by atoms with Crippen LogP contribution in [-0.4, -0.2) is 36.5 Å². The van der Waals surface area contributed by atoms with Gasteiger partial charge in [0.05, 0.1) is 6.54 Å². The summed E-state index contributed by atoms with van der Waals surface area (Å²) in [5.41, 5.74) is 2.53. The first-order valence-corrected chi connectivity index (χ1v) is 7.68. The van der Waals surface area contributed by atoms with E-state index in [-0.39, 0.29) is 29.9 Å². The van der Waals surface area contributed by atoms with Crippen molar-refractivity contribution in [2.45, 2.75) is 33.7 Å². The highest BCUT2D eigenvalue weighted by molar-refractivity contribution is 6.01. The average Bonchev–Trinajstić information content (AvgIpc) is 2.75. The number of rotatable bonds is 5. The molecule has 0 aliphatic carbocycles. The van der Waals surface area contributed by atoms with Crippen LogP contribution in [0, 0.1) is 12.3 Å². The molecule has 5 nitrogen and oxygen atoms in total. The molecule has 3 amide bonds. The van der Waals surface area contributed by atoms with Crippen LogP contribution in [0.3, 0.4) is 0 Å². The van der Waals surface area contributed by atoms with Crippen molar-refractivity contribution in [1.82, 2.24) is 15.5 Å². The molecule has 0 radical (unpaired) electrons. The van der Waals surface area contributed by atoms with Gasteiger partial charge in [0.1, 0.15) is 0 Å². The number of hydrogen-bond acceptors (Lipinski definition) is 3. The molecule has 2 rings (SSSR count). The normalized spacial score (nSPS) is 16.8. The number of amides is 3. The fourth-order valence-corrected chi connectivity index (χ4v) is 2.80. The Morgan fingerprint density at radius 1 is 1.27 bits per heavy atom. The highest BCUT2D eigenvalue weighted by Gasteiger charge is 2.30. The second-order valence-corrected chi connectivity index (χ2v) is 6.81. The van der Waals surface area contributed by atoms with Gasteiger partial charge in [-0.05, 0) is 23.5 Å². The van der Waals surface area contributed by atoms with E-state index in [1.54, 1.807) is 0 Å². The molecule has 22 heavy (non-hydrogen) atoms. The van der Waals surface area contributed by atoms with Crippen LogP contribution in [0.1, 0.15) is 37.9 Å². The minimum atomic E-state index is -0.296. The third-order valence-corrected chi connectivity index (χ3v) is 3.99. The van der Waals surface area contributed by atoms with Gasteiger partial charge in [-0.15, -0.1) is 0 Å². The number of benzene rings is 1. The van der Waals surface area contributed by atoms with Crippen molar-refractivity contribution in [3.05, 3.63) is 35.4 Å². The number of nitrogens with one attached hydrogen (secondary N) is 2. The van der Waals surface area contributed by atoms with Crippen molar-refractivity contribution in [3.63, 3.8) is 0 Å². The fourth-order valence-electron chi connectivity index (χ4n) is 2.80. The van der Waals surface area contributed by atoms with Crippen molar-refractivity contribution in [1.29, 1.82) is 0 Å². The summed E-state index contributed by atoms with van der Waals surface area (Å²) in [5.74, 6) is -0.157. The van der Waals surface area contributed by atoms with Crippen molar-refractivity contribution in [2.24, 2.45) is 5.41 Å². The van der Waals surface area contributed by atoms with Crippen LogP contribution in [0.4, 0.5) is 4.79 Å². The van der Waals surface area contributed by atoms with Gasteiger partial charge in [0, 0.05) is 19.1 Å². The molecule has 1 atom stereocenters. The summed E-state index contributed by atoms with van der Waals surface area (Å²) in [6.07, 6.45) is 0. The third-order valence-electron chi connectivity index (χ3n) is 3.99. The third kappa shape index (κ3) is 3.65. The largest absolute Gasteiger partial charge is 0.329 e. The monoisotopic (exact) mass is 303 g/mol. The van der Waals surface area contributed by atoms with E-state index in [9.17, 15) is 9.59 Å². The maximum atomic E-state index is 11.6. The lowest BCUT2D eigenvalue weighted by Crippen LogP contribution is -2.40. The first-order chi connectivity index (χ1) is 10.3. The minimum absolute atomic E-state index is 0.0311. The van der Waals surface area contributed by atoms with Crippen molar-refractivity contribution in [2.75, 3.05) is 19.6 Å². The Hall–Kier alpha value is -1.88. The van der Waals surface area contributed by atoms with Crippen LogP contribution in [0.25, 0.3) is 0 Å². The Morgan fingerprint density at radius 3 is 2.50 bits per heavy atom. The minimum Gasteiger partial charge on any atom is -0.329 e. The first-order valence-electron chi connectivity index (χ1n) is 7.68. The number of carbonyl (C=O) groups is 2. The topological polar surface area (TPSA) is 61.4 Å². The Kier molecular flexibility index (Phi) is 4.86. The fraction of sp³-hybridized carbons (Fsp3) is 0.529. The summed E-state index contributed by atoms with van der Waals surface area (Å²) in [6.45, 7) is 9.74. The molecule has 0 aromatic heterocycles. The van der Waals surface area contributed by atoms with Crippen LogP contribution >= 0.6 is 0 Å². The summed E-state index contributed by atoms with van der Waals surface area (Å²) in [4.78, 5) is 24.4. The Bertz CT molecular complexity index is 547. The van der Waals surface area contributed by atoms with Crippen molar-refractivity contribution in [3.8, 4) is 0 Å². The van der Waals surface area contributed by atoms with Gasteiger partial charge in [-0.1, -0.05) is 45.0 Å². The highest BCUT2D eigenvalue weighted by atomic mass is 16.2. The van der Waals surface area contributed by atoms with E-state index in [1.165, 1.54) is 16.0 Å². The lowest BCUT2D eigenvalue weighted by molar-refractivity contribution is -0.124. The Labute approximate surface area is 132 Å². The van der Waals surface area contributed by atoms with Gasteiger partial charge >= 0.3 is 6.03 Å². The zero-order valence-electron chi connectivity index (χ0n) is 13.8. The van der Waals surface area contributed by atoms with Gasteiger partial charge in [0.25, 0.3) is 0 Å². The molecule has 0 spiro atoms. The van der Waals surface area contributed by atoms with E-state index in [0.29, 0.717) is 13.1 Å². The van der Waals surface area contributed by atoms with E-state index in [4.69, 9.17) is 0 Å². The first kappa shape index (κ1) is 16.5. The molecule has 1 aromatic rings. The van der Waals surface area contributed by atoms with Crippen LogP contribution in [0.2, 0.25) is 0 Å². The molecule has 0 saturated carbocycles. The number of imide groups is 1. The number of aryl methyl sites for hydroxylation is 1. The van der Waals surface area contributed by atoms with E-state index in [1.807, 2.05) is 12.1 Å². The summed E-state index contributed by atoms with van der Waals surface area (Å²) in [5, 5.41) is 6.05. The van der Waals surface area contributed by atoms with Gasteiger partial charge in [0.15, 0.2) is 0 Å². The molecule has 2 N–H and O–H groups in total. The van der Waals surface area contributed by atoms with Crippen LogP contribution in [0.15, 0.2) is 24.3 Å². The molecule has 120 valence electrons. The molecule has 1 aliphatic heterocycles. The second kappa shape index (κ2) is 6.48. The summed E-state index contributed by atoms with van der Waals surface area (Å²) < 4.78 is 0. The maximum absolute atomic E-state index is 11.6. The quantitative estimate of drug-likeness (QED) is 0.820. The van der Waals surface area contributed by atoms with Gasteiger partial charge in [-0.2, -0.15) is 0 Å². The Balaban J connectivity index is 2.04. The molecule has 0 bridgehead atoms. The van der Waals surface area contributed by atoms with Gasteiger partial charge < -0.3 is 10.6 Å². The zero-order valence-corrected chi connectivity index (χ0v) is 13.8. The molecule has 1 saturated heterocycles. The van der Waals surface area contributed by atoms with Crippen molar-refractivity contribution >= 4 is 11.9 Å². The highest BCUT2D eigenvalue weighted by Crippen LogP contribution is 2.34. The van der Waals surface area contributed by atoms with Crippen molar-refractivity contribution < 1.29 is 9.59 Å². The van der Waals surface area contributed by atoms with E-state index < -0.39 is 0 Å². The number of urea groups is 1. The smallest absolute Gasteiger partial charge is 0.324 e. The second-order valence-electron chi connectivity index (χ2n) is 6.81. The molecule has 1 aliphatic rings. The molecular formula is C17H25N3O2. The molecule has 1 heterocycles. The zero-order chi connectivity index (χ0) is 16.3. The lowest BCUT2D eigenvalue weighted by Gasteiger charge is -2.33. The molecular weight excluding hydrogens is 278 g/mol. The van der Waals surface area contributed by atoms with Gasteiger partial charge in [-0.3, -0.25) is 9.69 Å². The summed E-state index contributed by atoms with van der Waals surface area (Å²) in [7, 11) is 0. The maximum Gasteiger partial charge on any atom is 0.324 e. The predicted octanol–water partition coefficient (Wildman–Crippen LogP) is 2.22. The molecule has 0 unspecified atom stereocenters. The molecule has 5 heteroatoms. The number of nitrogens with zero attached hydrogens (tertiary/aromatic N) is 1. The Morgan fingerprint density at radius 2 is 1.95 bits per heavy atom. The molecule has 1 aromatic carbocycles. The summed E-state index contributed by atoms with van der Waals surface area (Å²) >= 11 is 0. The average molecular weight is 303 g/mol. The van der Waals surface area contributed by atoms with E-state index in [0.717, 1.165) is 0 Å². The standard InChI is InChI=1S/C17H25N3O2/c1-12-7-5-6-8-13(12)15(17(2,3)4)18-9-10-20-14(21)11-19-16(20)22/h5-8,15,18H,9-11H2,1-4H3,(H,19,22)/t15-/m0/s1. The molecule has 1 fully saturated rings. The van der Waals surface area contributed by atoms with Crippen LogP contribution in [-0.2, 0) is 4.79 Å². The van der Waals surface area contributed by atoms with Gasteiger partial charge in [-0.25, -0.2) is 4.79 Å².